The number of primary sulfonamides is 1. The second-order valence-corrected chi connectivity index (χ2v) is 8.88. The zero-order chi connectivity index (χ0) is 22.4. The van der Waals surface area contributed by atoms with E-state index >= 15 is 0 Å². The third-order valence-electron chi connectivity index (χ3n) is 4.52. The van der Waals surface area contributed by atoms with E-state index in [0.717, 1.165) is 17.4 Å². The molecule has 9 nitrogen and oxygen atoms in total. The fourth-order valence-electron chi connectivity index (χ4n) is 3.07. The van der Waals surface area contributed by atoms with Crippen molar-refractivity contribution in [1.82, 2.24) is 14.9 Å². The molecular formula is C21H27N5O4S. The van der Waals surface area contributed by atoms with Crippen molar-refractivity contribution in [3.63, 3.8) is 0 Å². The first-order chi connectivity index (χ1) is 14.8. The maximum Gasteiger partial charge on any atom is 0.238 e. The third-order valence-corrected chi connectivity index (χ3v) is 5.43. The largest absolute Gasteiger partial charge is 0.493 e. The molecule has 0 amide bonds. The van der Waals surface area contributed by atoms with E-state index in [1.54, 1.807) is 13.2 Å². The fraction of sp³-hybridized carbons (Fsp3) is 0.333. The first-order valence-corrected chi connectivity index (χ1v) is 11.3. The average molecular weight is 446 g/mol. The zero-order valence-electron chi connectivity index (χ0n) is 17.8. The molecular weight excluding hydrogens is 418 g/mol. The molecule has 1 heterocycles. The Hall–Kier alpha value is -2.79. The molecule has 1 aromatic heterocycles. The van der Waals surface area contributed by atoms with Crippen molar-refractivity contribution in [2.75, 3.05) is 39.7 Å². The molecule has 0 saturated heterocycles. The molecule has 0 bridgehead atoms. The monoisotopic (exact) mass is 445 g/mol. The van der Waals surface area contributed by atoms with Crippen molar-refractivity contribution < 1.29 is 17.9 Å². The van der Waals surface area contributed by atoms with Crippen LogP contribution in [0.3, 0.4) is 0 Å². The van der Waals surface area contributed by atoms with Crippen LogP contribution in [0.5, 0.6) is 5.75 Å². The Morgan fingerprint density at radius 2 is 1.90 bits per heavy atom. The summed E-state index contributed by atoms with van der Waals surface area (Å²) < 4.78 is 34.5. The summed E-state index contributed by atoms with van der Waals surface area (Å²) in [6, 6.07) is 10.3. The molecule has 0 aliphatic heterocycles. The predicted octanol–water partition coefficient (Wildman–Crippen LogP) is 2.50. The Balaban J connectivity index is 1.93. The lowest BCUT2D eigenvalue weighted by atomic mass is 10.1. The van der Waals surface area contributed by atoms with Gasteiger partial charge in [0.15, 0.2) is 0 Å². The maximum absolute atomic E-state index is 11.8. The number of nitrogens with two attached hydrogens (primary N) is 1. The van der Waals surface area contributed by atoms with Gasteiger partial charge in [0, 0.05) is 43.8 Å². The van der Waals surface area contributed by atoms with E-state index in [0.29, 0.717) is 42.5 Å². The quantitative estimate of drug-likeness (QED) is 0.457. The van der Waals surface area contributed by atoms with Gasteiger partial charge in [-0.25, -0.2) is 23.5 Å². The van der Waals surface area contributed by atoms with Gasteiger partial charge in [-0.3, -0.25) is 0 Å². The Bertz CT molecular complexity index is 1150. The molecule has 0 radical (unpaired) electrons. The van der Waals surface area contributed by atoms with Gasteiger partial charge in [-0.2, -0.15) is 0 Å². The van der Waals surface area contributed by atoms with E-state index in [4.69, 9.17) is 14.6 Å². The molecule has 31 heavy (non-hydrogen) atoms. The summed E-state index contributed by atoms with van der Waals surface area (Å²) in [5, 5.41) is 9.36. The Labute approximate surface area is 182 Å². The lowest BCUT2D eigenvalue weighted by molar-refractivity contribution is 0.172. The van der Waals surface area contributed by atoms with Crippen molar-refractivity contribution in [3.05, 3.63) is 48.3 Å². The molecule has 0 saturated carbocycles. The number of nitrogens with zero attached hydrogens (tertiary/aromatic N) is 3. The van der Waals surface area contributed by atoms with Crippen LogP contribution in [0.25, 0.3) is 10.9 Å². The van der Waals surface area contributed by atoms with Gasteiger partial charge >= 0.3 is 0 Å². The van der Waals surface area contributed by atoms with E-state index in [2.05, 4.69) is 15.3 Å². The van der Waals surface area contributed by atoms with Crippen LogP contribution in [0, 0.1) is 0 Å². The first-order valence-electron chi connectivity index (χ1n) is 9.72. The summed E-state index contributed by atoms with van der Waals surface area (Å²) in [6.07, 6.45) is 2.24. The van der Waals surface area contributed by atoms with Gasteiger partial charge in [-0.15, -0.1) is 0 Å². The molecule has 10 heteroatoms. The molecule has 2 aromatic carbocycles. The SMILES string of the molecule is COCCCOc1ccc2c(Nc3cc(S(N)(=O)=O)ccc3CN(C)C)ncnc2c1. The molecule has 3 N–H and O–H groups in total. The minimum Gasteiger partial charge on any atom is -0.493 e. The number of ether oxygens (including phenoxy) is 2. The maximum atomic E-state index is 11.8. The highest BCUT2D eigenvalue weighted by molar-refractivity contribution is 7.89. The second kappa shape index (κ2) is 10.0. The molecule has 0 fully saturated rings. The highest BCUT2D eigenvalue weighted by atomic mass is 32.2. The van der Waals surface area contributed by atoms with Gasteiger partial charge in [-0.05, 0) is 43.9 Å². The van der Waals surface area contributed by atoms with Crippen LogP contribution in [0.1, 0.15) is 12.0 Å². The van der Waals surface area contributed by atoms with Crippen LogP contribution in [-0.4, -0.2) is 57.7 Å². The molecule has 3 rings (SSSR count). The van der Waals surface area contributed by atoms with Gasteiger partial charge in [-0.1, -0.05) is 6.07 Å². The number of rotatable bonds is 10. The lowest BCUT2D eigenvalue weighted by Gasteiger charge is -2.17. The fourth-order valence-corrected chi connectivity index (χ4v) is 3.61. The number of anilines is 2. The van der Waals surface area contributed by atoms with Crippen LogP contribution in [0.4, 0.5) is 11.5 Å². The van der Waals surface area contributed by atoms with Gasteiger partial charge in [0.05, 0.1) is 17.0 Å². The summed E-state index contributed by atoms with van der Waals surface area (Å²) >= 11 is 0. The van der Waals surface area contributed by atoms with Crippen molar-refractivity contribution >= 4 is 32.4 Å². The number of aromatic nitrogens is 2. The van der Waals surface area contributed by atoms with Gasteiger partial charge in [0.1, 0.15) is 17.9 Å². The Morgan fingerprint density at radius 1 is 1.10 bits per heavy atom. The molecule has 0 unspecified atom stereocenters. The number of methoxy groups -OCH3 is 1. The topological polar surface area (TPSA) is 120 Å². The smallest absolute Gasteiger partial charge is 0.238 e. The summed E-state index contributed by atoms with van der Waals surface area (Å²) in [4.78, 5) is 10.7. The van der Waals surface area contributed by atoms with E-state index in [-0.39, 0.29) is 4.90 Å². The second-order valence-electron chi connectivity index (χ2n) is 7.32. The van der Waals surface area contributed by atoms with Crippen LogP contribution in [-0.2, 0) is 21.3 Å². The average Bonchev–Trinajstić information content (AvgIpc) is 2.71. The minimum absolute atomic E-state index is 0.0302. The number of hydrogen-bond acceptors (Lipinski definition) is 8. The van der Waals surface area contributed by atoms with Gasteiger partial charge in [0.2, 0.25) is 10.0 Å². The number of sulfonamides is 1. The summed E-state index contributed by atoms with van der Waals surface area (Å²) in [5.41, 5.74) is 2.22. The highest BCUT2D eigenvalue weighted by Crippen LogP contribution is 2.29. The van der Waals surface area contributed by atoms with E-state index < -0.39 is 10.0 Å². The normalized spacial score (nSPS) is 11.8. The van der Waals surface area contributed by atoms with E-state index in [9.17, 15) is 8.42 Å². The number of benzene rings is 2. The van der Waals surface area contributed by atoms with Crippen LogP contribution in [0.15, 0.2) is 47.6 Å². The van der Waals surface area contributed by atoms with Gasteiger partial charge < -0.3 is 19.7 Å². The molecule has 0 spiro atoms. The zero-order valence-corrected chi connectivity index (χ0v) is 18.6. The van der Waals surface area contributed by atoms with Gasteiger partial charge in [0.25, 0.3) is 0 Å². The molecule has 3 aromatic rings. The Kier molecular flexibility index (Phi) is 7.39. The number of hydrogen-bond donors (Lipinski definition) is 2. The molecule has 0 aliphatic rings. The number of nitrogens with one attached hydrogen (secondary N) is 1. The van der Waals surface area contributed by atoms with E-state index in [1.807, 2.05) is 37.2 Å². The molecule has 0 aliphatic carbocycles. The number of fused-ring (bicyclic) bond motifs is 1. The summed E-state index contributed by atoms with van der Waals surface area (Å²) in [7, 11) is 1.69. The van der Waals surface area contributed by atoms with Crippen molar-refractivity contribution in [2.45, 2.75) is 17.9 Å². The summed E-state index contributed by atoms with van der Waals surface area (Å²) in [6.45, 7) is 1.79. The van der Waals surface area contributed by atoms with Crippen LogP contribution in [0.2, 0.25) is 0 Å². The van der Waals surface area contributed by atoms with Crippen molar-refractivity contribution in [2.24, 2.45) is 5.14 Å². The minimum atomic E-state index is -3.84. The Morgan fingerprint density at radius 3 is 2.61 bits per heavy atom. The third kappa shape index (κ3) is 6.11. The van der Waals surface area contributed by atoms with E-state index in [1.165, 1.54) is 18.5 Å². The standard InChI is InChI=1S/C21H27N5O4S/c1-26(2)13-15-5-7-17(31(22,27)28)12-19(15)25-21-18-8-6-16(30-10-4-9-29-3)11-20(18)23-14-24-21/h5-8,11-12,14H,4,9-10,13H2,1-3H3,(H2,22,27,28)(H,23,24,25). The summed E-state index contributed by atoms with van der Waals surface area (Å²) in [5.74, 6) is 1.26. The van der Waals surface area contributed by atoms with Crippen molar-refractivity contribution in [1.29, 1.82) is 0 Å². The first kappa shape index (κ1) is 22.9. The predicted molar refractivity (Wildman–Crippen MR) is 120 cm³/mol. The lowest BCUT2D eigenvalue weighted by Crippen LogP contribution is -2.15. The molecule has 0 atom stereocenters. The molecule has 166 valence electrons. The van der Waals surface area contributed by atoms with Crippen LogP contribution < -0.4 is 15.2 Å². The van der Waals surface area contributed by atoms with Crippen LogP contribution >= 0.6 is 0 Å². The van der Waals surface area contributed by atoms with Crippen molar-refractivity contribution in [3.8, 4) is 5.75 Å². The highest BCUT2D eigenvalue weighted by Gasteiger charge is 2.14.